The lowest BCUT2D eigenvalue weighted by molar-refractivity contribution is -0.113. The maximum atomic E-state index is 11.2. The third-order valence-corrected chi connectivity index (χ3v) is 4.14. The van der Waals surface area contributed by atoms with Crippen molar-refractivity contribution in [2.45, 2.75) is 37.8 Å². The predicted molar refractivity (Wildman–Crippen MR) is 56.3 cm³/mol. The van der Waals surface area contributed by atoms with Gasteiger partial charge in [0.15, 0.2) is 0 Å². The van der Waals surface area contributed by atoms with E-state index in [1.165, 1.54) is 19.3 Å². The Labute approximate surface area is 86.8 Å². The van der Waals surface area contributed by atoms with E-state index in [1.54, 1.807) is 0 Å². The van der Waals surface area contributed by atoms with Crippen LogP contribution >= 0.6 is 22.6 Å². The molecule has 3 atom stereocenters. The molecule has 2 nitrogen and oxygen atoms in total. The third-order valence-electron chi connectivity index (χ3n) is 3.42. The largest absolute Gasteiger partial charge is 0.293 e. The standard InChI is InChI=1S/C9H14INO/c1-11-7-4-2-3-6(7)5-8(11)9(10)12/h6-8H,2-5H2,1H3. The molecule has 2 aliphatic rings. The Morgan fingerprint density at radius 2 is 2.25 bits per heavy atom. The van der Waals surface area contributed by atoms with Crippen LogP contribution in [0.4, 0.5) is 0 Å². The van der Waals surface area contributed by atoms with Gasteiger partial charge in [0.1, 0.15) is 0 Å². The van der Waals surface area contributed by atoms with Crippen LogP contribution < -0.4 is 0 Å². The molecule has 0 bridgehead atoms. The van der Waals surface area contributed by atoms with E-state index in [-0.39, 0.29) is 6.04 Å². The van der Waals surface area contributed by atoms with E-state index in [9.17, 15) is 4.79 Å². The number of rotatable bonds is 1. The van der Waals surface area contributed by atoms with Gasteiger partial charge in [-0.05, 0) is 32.2 Å². The molecule has 0 spiro atoms. The summed E-state index contributed by atoms with van der Waals surface area (Å²) >= 11 is 1.94. The van der Waals surface area contributed by atoms with Crippen molar-refractivity contribution >= 4 is 26.4 Å². The first kappa shape index (κ1) is 8.94. The molecule has 1 saturated heterocycles. The van der Waals surface area contributed by atoms with E-state index >= 15 is 0 Å². The Hall–Kier alpha value is 0.360. The zero-order valence-corrected chi connectivity index (χ0v) is 9.45. The summed E-state index contributed by atoms with van der Waals surface area (Å²) in [5.41, 5.74) is 0. The van der Waals surface area contributed by atoms with Crippen molar-refractivity contribution in [3.8, 4) is 0 Å². The molecule has 1 saturated carbocycles. The van der Waals surface area contributed by atoms with Crippen LogP contribution in [-0.2, 0) is 4.79 Å². The monoisotopic (exact) mass is 279 g/mol. The molecule has 1 aliphatic carbocycles. The van der Waals surface area contributed by atoms with Crippen LogP contribution in [0.15, 0.2) is 0 Å². The van der Waals surface area contributed by atoms with Crippen LogP contribution in [0.2, 0.25) is 0 Å². The molecular weight excluding hydrogens is 265 g/mol. The molecule has 2 rings (SSSR count). The van der Waals surface area contributed by atoms with Gasteiger partial charge in [-0.2, -0.15) is 0 Å². The van der Waals surface area contributed by atoms with E-state index in [4.69, 9.17) is 0 Å². The fourth-order valence-corrected chi connectivity index (χ4v) is 3.46. The predicted octanol–water partition coefficient (Wildman–Crippen LogP) is 1.82. The molecule has 12 heavy (non-hydrogen) atoms. The molecule has 68 valence electrons. The van der Waals surface area contributed by atoms with Crippen molar-refractivity contribution in [1.29, 1.82) is 0 Å². The van der Waals surface area contributed by atoms with Crippen molar-refractivity contribution in [1.82, 2.24) is 4.90 Å². The number of likely N-dealkylation sites (tertiary alicyclic amines) is 1. The average molecular weight is 279 g/mol. The van der Waals surface area contributed by atoms with Gasteiger partial charge in [0.05, 0.1) is 6.04 Å². The molecule has 3 heteroatoms. The summed E-state index contributed by atoms with van der Waals surface area (Å²) < 4.78 is 0.324. The number of fused-ring (bicyclic) bond motifs is 1. The highest BCUT2D eigenvalue weighted by Gasteiger charge is 2.43. The summed E-state index contributed by atoms with van der Waals surface area (Å²) in [6.45, 7) is 0. The van der Waals surface area contributed by atoms with E-state index < -0.39 is 0 Å². The van der Waals surface area contributed by atoms with Gasteiger partial charge in [0.2, 0.25) is 3.79 Å². The number of hydrogen-bond acceptors (Lipinski definition) is 2. The number of nitrogens with zero attached hydrogens (tertiary/aromatic N) is 1. The molecular formula is C9H14INO. The second kappa shape index (κ2) is 3.25. The minimum absolute atomic E-state index is 0.223. The van der Waals surface area contributed by atoms with Crippen LogP contribution in [0.25, 0.3) is 0 Å². The normalized spacial score (nSPS) is 41.7. The van der Waals surface area contributed by atoms with E-state index in [1.807, 2.05) is 22.6 Å². The SMILES string of the molecule is CN1C(C(=O)I)CC2CCCC21. The number of likely N-dealkylation sites (N-methyl/N-ethyl adjacent to an activating group) is 1. The number of halogens is 1. The Morgan fingerprint density at radius 1 is 1.50 bits per heavy atom. The fraction of sp³-hybridized carbons (Fsp3) is 0.889. The summed E-state index contributed by atoms with van der Waals surface area (Å²) in [5, 5.41) is 0. The zero-order valence-electron chi connectivity index (χ0n) is 7.29. The van der Waals surface area contributed by atoms with E-state index in [0.29, 0.717) is 9.83 Å². The summed E-state index contributed by atoms with van der Waals surface area (Å²) in [4.78, 5) is 13.5. The van der Waals surface area contributed by atoms with Crippen LogP contribution in [0.5, 0.6) is 0 Å². The van der Waals surface area contributed by atoms with Crippen LogP contribution in [0.1, 0.15) is 25.7 Å². The molecule has 2 fully saturated rings. The quantitative estimate of drug-likeness (QED) is 0.539. The fourth-order valence-electron chi connectivity index (χ4n) is 2.77. The molecule has 1 aliphatic heterocycles. The summed E-state index contributed by atoms with van der Waals surface area (Å²) in [5.74, 6) is 0.818. The van der Waals surface area contributed by atoms with Gasteiger partial charge in [-0.15, -0.1) is 0 Å². The highest BCUT2D eigenvalue weighted by molar-refractivity contribution is 14.1. The zero-order chi connectivity index (χ0) is 8.72. The lowest BCUT2D eigenvalue weighted by Crippen LogP contribution is -2.35. The molecule has 0 aromatic heterocycles. The van der Waals surface area contributed by atoms with Gasteiger partial charge in [-0.1, -0.05) is 6.42 Å². The van der Waals surface area contributed by atoms with Crippen molar-refractivity contribution in [3.05, 3.63) is 0 Å². The van der Waals surface area contributed by atoms with Gasteiger partial charge < -0.3 is 0 Å². The average Bonchev–Trinajstić information content (AvgIpc) is 2.53. The summed E-state index contributed by atoms with van der Waals surface area (Å²) in [6, 6.07) is 0.939. The van der Waals surface area contributed by atoms with Gasteiger partial charge in [-0.3, -0.25) is 9.69 Å². The molecule has 0 N–H and O–H groups in total. The minimum atomic E-state index is 0.223. The lowest BCUT2D eigenvalue weighted by atomic mass is 10.0. The summed E-state index contributed by atoms with van der Waals surface area (Å²) in [6.07, 6.45) is 5.13. The smallest absolute Gasteiger partial charge is 0.209 e. The Morgan fingerprint density at radius 3 is 2.83 bits per heavy atom. The third kappa shape index (κ3) is 1.31. The first-order valence-corrected chi connectivity index (χ1v) is 5.69. The van der Waals surface area contributed by atoms with Gasteiger partial charge in [-0.25, -0.2) is 0 Å². The molecule has 0 aromatic rings. The van der Waals surface area contributed by atoms with Crippen molar-refractivity contribution in [2.24, 2.45) is 5.92 Å². The maximum absolute atomic E-state index is 11.2. The first-order valence-electron chi connectivity index (χ1n) is 4.61. The highest BCUT2D eigenvalue weighted by Crippen LogP contribution is 2.40. The molecule has 3 unspecified atom stereocenters. The van der Waals surface area contributed by atoms with Gasteiger partial charge >= 0.3 is 0 Å². The molecule has 0 amide bonds. The maximum Gasteiger partial charge on any atom is 0.209 e. The molecule has 0 radical (unpaired) electrons. The van der Waals surface area contributed by atoms with Crippen molar-refractivity contribution < 1.29 is 4.79 Å². The number of carbonyl (C=O) groups excluding carboxylic acids is 1. The number of carbonyl (C=O) groups is 1. The van der Waals surface area contributed by atoms with Crippen molar-refractivity contribution in [3.63, 3.8) is 0 Å². The van der Waals surface area contributed by atoms with E-state index in [0.717, 1.165) is 12.3 Å². The van der Waals surface area contributed by atoms with Crippen LogP contribution in [0, 0.1) is 5.92 Å². The lowest BCUT2D eigenvalue weighted by Gasteiger charge is -2.21. The van der Waals surface area contributed by atoms with Crippen molar-refractivity contribution in [2.75, 3.05) is 7.05 Å². The van der Waals surface area contributed by atoms with Gasteiger partial charge in [0.25, 0.3) is 0 Å². The Bertz CT molecular complexity index is 207. The number of hydrogen-bond donors (Lipinski definition) is 0. The Kier molecular flexibility index (Phi) is 2.42. The second-order valence-corrected chi connectivity index (χ2v) is 5.04. The topological polar surface area (TPSA) is 20.3 Å². The van der Waals surface area contributed by atoms with E-state index in [2.05, 4.69) is 11.9 Å². The minimum Gasteiger partial charge on any atom is -0.293 e. The highest BCUT2D eigenvalue weighted by atomic mass is 127. The Balaban J connectivity index is 2.10. The summed E-state index contributed by atoms with van der Waals surface area (Å²) in [7, 11) is 2.11. The molecule has 0 aromatic carbocycles. The van der Waals surface area contributed by atoms with Crippen LogP contribution in [-0.4, -0.2) is 27.8 Å². The van der Waals surface area contributed by atoms with Gasteiger partial charge in [0, 0.05) is 28.6 Å². The van der Waals surface area contributed by atoms with Crippen LogP contribution in [0.3, 0.4) is 0 Å². The molecule has 1 heterocycles. The first-order chi connectivity index (χ1) is 5.70. The second-order valence-electron chi connectivity index (χ2n) is 3.98.